The van der Waals surface area contributed by atoms with Crippen molar-refractivity contribution in [3.63, 3.8) is 0 Å². The summed E-state index contributed by atoms with van der Waals surface area (Å²) in [4.78, 5) is 23.4. The lowest BCUT2D eigenvalue weighted by molar-refractivity contribution is 0.0791. The Labute approximate surface area is 155 Å². The highest BCUT2D eigenvalue weighted by atomic mass is 32.2. The third kappa shape index (κ3) is 3.74. The number of likely N-dealkylation sites (tertiary alicyclic amines) is 1. The van der Waals surface area contributed by atoms with Crippen LogP contribution in [-0.2, 0) is 10.2 Å². The first-order valence-corrected chi connectivity index (χ1v) is 10.5. The van der Waals surface area contributed by atoms with Crippen molar-refractivity contribution < 1.29 is 13.2 Å². The summed E-state index contributed by atoms with van der Waals surface area (Å²) in [6.45, 7) is 4.38. The highest BCUT2D eigenvalue weighted by molar-refractivity contribution is 7.86. The average Bonchev–Trinajstić information content (AvgIpc) is 3.15. The molecule has 8 nitrogen and oxygen atoms in total. The van der Waals surface area contributed by atoms with E-state index in [4.69, 9.17) is 0 Å². The molecule has 0 aliphatic carbocycles. The lowest BCUT2D eigenvalue weighted by Gasteiger charge is -2.32. The van der Waals surface area contributed by atoms with E-state index in [9.17, 15) is 13.2 Å². The van der Waals surface area contributed by atoms with Gasteiger partial charge in [0.2, 0.25) is 0 Å². The van der Waals surface area contributed by atoms with Crippen LogP contribution in [0.5, 0.6) is 0 Å². The largest absolute Gasteiger partial charge is 0.339 e. The van der Waals surface area contributed by atoms with Crippen LogP contribution in [0.15, 0.2) is 6.20 Å². The minimum atomic E-state index is -3.37. The summed E-state index contributed by atoms with van der Waals surface area (Å²) in [6.07, 6.45) is 5.12. The minimum Gasteiger partial charge on any atom is -0.339 e. The van der Waals surface area contributed by atoms with Crippen LogP contribution in [0, 0.1) is 6.92 Å². The molecule has 0 spiro atoms. The molecule has 0 unspecified atom stereocenters. The Balaban J connectivity index is 1.68. The lowest BCUT2D eigenvalue weighted by atomic mass is 9.97. The average molecular weight is 382 g/mol. The Hall–Kier alpha value is -1.58. The maximum absolute atomic E-state index is 12.5. The molecule has 1 amide bonds. The molecule has 0 radical (unpaired) electrons. The smallest absolute Gasteiger partial charge is 0.281 e. The summed E-state index contributed by atoms with van der Waals surface area (Å²) in [6, 6.07) is 0. The molecule has 0 atom stereocenters. The second-order valence-corrected chi connectivity index (χ2v) is 9.33. The number of aromatic nitrogens is 2. The van der Waals surface area contributed by atoms with Gasteiger partial charge in [-0.3, -0.25) is 4.79 Å². The van der Waals surface area contributed by atoms with Crippen molar-refractivity contribution in [2.24, 2.45) is 0 Å². The van der Waals surface area contributed by atoms with Crippen LogP contribution >= 0.6 is 0 Å². The molecular formula is C17H27N5O3S. The number of aryl methyl sites for hydroxylation is 1. The first kappa shape index (κ1) is 19.2. The normalized spacial score (nSPS) is 20.1. The summed E-state index contributed by atoms with van der Waals surface area (Å²) >= 11 is 0. The monoisotopic (exact) mass is 381 g/mol. The molecule has 26 heavy (non-hydrogen) atoms. The molecule has 1 aromatic rings. The van der Waals surface area contributed by atoms with Gasteiger partial charge in [-0.2, -0.15) is 17.0 Å². The molecule has 2 aliphatic rings. The molecule has 0 bridgehead atoms. The topological polar surface area (TPSA) is 86.7 Å². The first-order chi connectivity index (χ1) is 12.3. The van der Waals surface area contributed by atoms with E-state index in [0.29, 0.717) is 43.0 Å². The molecule has 2 fully saturated rings. The Morgan fingerprint density at radius 3 is 2.31 bits per heavy atom. The number of nitrogens with zero attached hydrogens (tertiary/aromatic N) is 5. The summed E-state index contributed by atoms with van der Waals surface area (Å²) in [5.41, 5.74) is 1.28. The zero-order valence-electron chi connectivity index (χ0n) is 15.7. The molecule has 2 saturated heterocycles. The molecule has 3 rings (SSSR count). The van der Waals surface area contributed by atoms with Crippen LogP contribution in [0.1, 0.15) is 53.5 Å². The van der Waals surface area contributed by atoms with E-state index in [0.717, 1.165) is 25.9 Å². The number of piperidine rings is 1. The first-order valence-electron chi connectivity index (χ1n) is 9.11. The third-order valence-electron chi connectivity index (χ3n) is 5.23. The number of hydrogen-bond acceptors (Lipinski definition) is 5. The highest BCUT2D eigenvalue weighted by Crippen LogP contribution is 2.28. The van der Waals surface area contributed by atoms with Crippen LogP contribution in [0.4, 0.5) is 0 Å². The fourth-order valence-electron chi connectivity index (χ4n) is 3.56. The van der Waals surface area contributed by atoms with Gasteiger partial charge in [0.25, 0.3) is 16.1 Å². The molecular weight excluding hydrogens is 354 g/mol. The number of amides is 1. The Kier molecular flexibility index (Phi) is 5.59. The Morgan fingerprint density at radius 2 is 1.77 bits per heavy atom. The molecule has 0 N–H and O–H groups in total. The predicted octanol–water partition coefficient (Wildman–Crippen LogP) is 1.01. The van der Waals surface area contributed by atoms with E-state index in [1.165, 1.54) is 8.61 Å². The van der Waals surface area contributed by atoms with Gasteiger partial charge in [0.15, 0.2) is 0 Å². The van der Waals surface area contributed by atoms with Gasteiger partial charge in [-0.25, -0.2) is 9.97 Å². The van der Waals surface area contributed by atoms with E-state index in [-0.39, 0.29) is 11.8 Å². The number of carbonyl (C=O) groups is 1. The van der Waals surface area contributed by atoms with Gasteiger partial charge in [-0.05, 0) is 32.6 Å². The van der Waals surface area contributed by atoms with Crippen LogP contribution < -0.4 is 0 Å². The molecule has 0 saturated carbocycles. The van der Waals surface area contributed by atoms with Gasteiger partial charge in [0.05, 0.1) is 11.3 Å². The summed E-state index contributed by atoms with van der Waals surface area (Å²) < 4.78 is 27.2. The third-order valence-corrected chi connectivity index (χ3v) is 7.17. The second kappa shape index (κ2) is 7.58. The van der Waals surface area contributed by atoms with Gasteiger partial charge in [0.1, 0.15) is 5.82 Å². The maximum Gasteiger partial charge on any atom is 0.281 e. The van der Waals surface area contributed by atoms with Crippen LogP contribution in [0.2, 0.25) is 0 Å². The fraction of sp³-hybridized carbons (Fsp3) is 0.706. The van der Waals surface area contributed by atoms with E-state index in [2.05, 4.69) is 9.97 Å². The van der Waals surface area contributed by atoms with Crippen molar-refractivity contribution in [3.8, 4) is 0 Å². The van der Waals surface area contributed by atoms with Gasteiger partial charge in [-0.15, -0.1) is 0 Å². The lowest BCUT2D eigenvalue weighted by Crippen LogP contribution is -2.44. The van der Waals surface area contributed by atoms with E-state index >= 15 is 0 Å². The van der Waals surface area contributed by atoms with Crippen molar-refractivity contribution in [2.75, 3.05) is 40.3 Å². The standard InChI is InChI=1S/C17H27N5O3S/c1-13-15(17(23)21-8-4-5-9-21)12-18-16(19-13)14-6-10-22(11-7-14)26(24,25)20(2)3/h12,14H,4-11H2,1-3H3. The fourth-order valence-corrected chi connectivity index (χ4v) is 4.69. The van der Waals surface area contributed by atoms with E-state index in [1.807, 2.05) is 11.8 Å². The van der Waals surface area contributed by atoms with Crippen LogP contribution in [0.25, 0.3) is 0 Å². The van der Waals surface area contributed by atoms with E-state index in [1.54, 1.807) is 20.3 Å². The molecule has 0 aromatic carbocycles. The van der Waals surface area contributed by atoms with Crippen LogP contribution in [0.3, 0.4) is 0 Å². The van der Waals surface area contributed by atoms with Gasteiger partial charge < -0.3 is 4.90 Å². The van der Waals surface area contributed by atoms with Crippen molar-refractivity contribution in [3.05, 3.63) is 23.3 Å². The van der Waals surface area contributed by atoms with E-state index < -0.39 is 10.2 Å². The minimum absolute atomic E-state index is 0.0124. The zero-order valence-corrected chi connectivity index (χ0v) is 16.5. The number of hydrogen-bond donors (Lipinski definition) is 0. The number of rotatable bonds is 4. The quantitative estimate of drug-likeness (QED) is 0.777. The maximum atomic E-state index is 12.5. The zero-order chi connectivity index (χ0) is 18.9. The van der Waals surface area contributed by atoms with Crippen LogP contribution in [-0.4, -0.2) is 78.1 Å². The second-order valence-electron chi connectivity index (χ2n) is 7.19. The summed E-state index contributed by atoms with van der Waals surface area (Å²) in [5, 5.41) is 0. The van der Waals surface area contributed by atoms with Crippen molar-refractivity contribution in [1.29, 1.82) is 0 Å². The van der Waals surface area contributed by atoms with Crippen molar-refractivity contribution in [1.82, 2.24) is 23.5 Å². The Bertz CT molecular complexity index is 767. The Morgan fingerprint density at radius 1 is 1.15 bits per heavy atom. The molecule has 2 aliphatic heterocycles. The molecule has 9 heteroatoms. The summed E-state index contributed by atoms with van der Waals surface area (Å²) in [7, 11) is -0.274. The van der Waals surface area contributed by atoms with Gasteiger partial charge in [-0.1, -0.05) is 0 Å². The molecule has 1 aromatic heterocycles. The number of carbonyl (C=O) groups excluding carboxylic acids is 1. The SMILES string of the molecule is Cc1nc(C2CCN(S(=O)(=O)N(C)C)CC2)ncc1C(=O)N1CCCC1. The molecule has 144 valence electrons. The molecule has 3 heterocycles. The van der Waals surface area contributed by atoms with Crippen molar-refractivity contribution >= 4 is 16.1 Å². The summed E-state index contributed by atoms with van der Waals surface area (Å²) in [5.74, 6) is 0.846. The predicted molar refractivity (Wildman–Crippen MR) is 98.1 cm³/mol. The van der Waals surface area contributed by atoms with Gasteiger partial charge in [0, 0.05) is 52.4 Å². The highest BCUT2D eigenvalue weighted by Gasteiger charge is 2.31. The van der Waals surface area contributed by atoms with Gasteiger partial charge >= 0.3 is 0 Å². The van der Waals surface area contributed by atoms with Crippen molar-refractivity contribution in [2.45, 2.75) is 38.5 Å².